The van der Waals surface area contributed by atoms with Gasteiger partial charge in [-0.05, 0) is 50.1 Å². The van der Waals surface area contributed by atoms with Crippen LogP contribution >= 0.6 is 23.1 Å². The molecule has 0 saturated heterocycles. The van der Waals surface area contributed by atoms with E-state index in [4.69, 9.17) is 0 Å². The Balaban J connectivity index is 1.97. The number of anilines is 1. The third kappa shape index (κ3) is 3.75. The van der Waals surface area contributed by atoms with E-state index >= 15 is 0 Å². The van der Waals surface area contributed by atoms with Crippen LogP contribution in [0.3, 0.4) is 0 Å². The van der Waals surface area contributed by atoms with Gasteiger partial charge in [-0.3, -0.25) is 4.79 Å². The fourth-order valence-electron chi connectivity index (χ4n) is 2.61. The quantitative estimate of drug-likeness (QED) is 0.513. The topological polar surface area (TPSA) is 54.9 Å². The molecule has 0 saturated carbocycles. The molecule has 0 fully saturated rings. The summed E-state index contributed by atoms with van der Waals surface area (Å²) in [6.45, 7) is 5.88. The molecule has 0 atom stereocenters. The third-order valence-corrected chi connectivity index (χ3v) is 5.40. The zero-order valence-corrected chi connectivity index (χ0v) is 16.2. The Bertz CT molecular complexity index is 921. The van der Waals surface area contributed by atoms with Crippen LogP contribution in [0.25, 0.3) is 10.7 Å². The average Bonchev–Trinajstić information content (AvgIpc) is 3.11. The van der Waals surface area contributed by atoms with E-state index in [1.54, 1.807) is 11.3 Å². The zero-order valence-electron chi connectivity index (χ0n) is 14.6. The van der Waals surface area contributed by atoms with Crippen LogP contribution in [-0.4, -0.2) is 22.1 Å². The van der Waals surface area contributed by atoms with Crippen LogP contribution < -0.4 is 5.32 Å². The number of thioether (sulfide) groups is 1. The van der Waals surface area contributed by atoms with Gasteiger partial charge in [0.25, 0.3) is 5.91 Å². The molecule has 1 aromatic carbocycles. The highest BCUT2D eigenvalue weighted by Gasteiger charge is 2.20. The van der Waals surface area contributed by atoms with Gasteiger partial charge in [-0.2, -0.15) is 0 Å². The summed E-state index contributed by atoms with van der Waals surface area (Å²) < 4.78 is 0. The lowest BCUT2D eigenvalue weighted by Gasteiger charge is -2.13. The lowest BCUT2D eigenvalue weighted by molar-refractivity contribution is 0.102. The fraction of sp³-hybridized carbons (Fsp3) is 0.211. The van der Waals surface area contributed by atoms with E-state index in [2.05, 4.69) is 15.3 Å². The second-order valence-electron chi connectivity index (χ2n) is 5.77. The Labute approximate surface area is 155 Å². The van der Waals surface area contributed by atoms with E-state index in [0.29, 0.717) is 22.1 Å². The smallest absolute Gasteiger partial charge is 0.260 e. The molecule has 4 nitrogen and oxygen atoms in total. The standard InChI is InChI=1S/C19H19N3OS2/c1-11-7-8-14(12(2)10-11)21-18(23)16-13(3)20-17(22-19(16)24-4)15-6-5-9-25-15/h5-10H,1-4H3,(H,21,23). The summed E-state index contributed by atoms with van der Waals surface area (Å²) in [5.74, 6) is 0.492. The van der Waals surface area contributed by atoms with Gasteiger partial charge in [-0.15, -0.1) is 23.1 Å². The predicted molar refractivity (Wildman–Crippen MR) is 106 cm³/mol. The zero-order chi connectivity index (χ0) is 18.0. The number of nitrogens with one attached hydrogen (secondary N) is 1. The van der Waals surface area contributed by atoms with Crippen molar-refractivity contribution >= 4 is 34.7 Å². The molecule has 128 valence electrons. The van der Waals surface area contributed by atoms with E-state index in [1.807, 2.05) is 62.7 Å². The number of carbonyl (C=O) groups excluding carboxylic acids is 1. The number of rotatable bonds is 4. The van der Waals surface area contributed by atoms with Crippen LogP contribution in [0.2, 0.25) is 0 Å². The average molecular weight is 370 g/mol. The monoisotopic (exact) mass is 369 g/mol. The van der Waals surface area contributed by atoms with E-state index in [0.717, 1.165) is 16.1 Å². The first-order valence-corrected chi connectivity index (χ1v) is 9.95. The summed E-state index contributed by atoms with van der Waals surface area (Å²) in [5, 5.41) is 5.68. The fourth-order valence-corrected chi connectivity index (χ4v) is 3.89. The third-order valence-electron chi connectivity index (χ3n) is 3.85. The minimum absolute atomic E-state index is 0.175. The van der Waals surface area contributed by atoms with E-state index < -0.39 is 0 Å². The maximum atomic E-state index is 12.8. The second kappa shape index (κ2) is 7.37. The summed E-state index contributed by atoms with van der Waals surface area (Å²) in [7, 11) is 0. The van der Waals surface area contributed by atoms with Crippen LogP contribution in [0.1, 0.15) is 27.2 Å². The van der Waals surface area contributed by atoms with Crippen LogP contribution in [0.4, 0.5) is 5.69 Å². The number of thiophene rings is 1. The number of hydrogen-bond donors (Lipinski definition) is 1. The van der Waals surface area contributed by atoms with Crippen molar-refractivity contribution in [1.82, 2.24) is 9.97 Å². The molecule has 0 spiro atoms. The number of benzene rings is 1. The lowest BCUT2D eigenvalue weighted by atomic mass is 10.1. The SMILES string of the molecule is CSc1nc(-c2cccs2)nc(C)c1C(=O)Nc1ccc(C)cc1C. The molecule has 0 radical (unpaired) electrons. The van der Waals surface area contributed by atoms with Crippen LogP contribution in [0.5, 0.6) is 0 Å². The summed E-state index contributed by atoms with van der Waals surface area (Å²) in [6.07, 6.45) is 1.92. The van der Waals surface area contributed by atoms with Gasteiger partial charge in [-0.25, -0.2) is 9.97 Å². The molecular weight excluding hydrogens is 350 g/mol. The molecule has 0 aliphatic rings. The molecule has 25 heavy (non-hydrogen) atoms. The number of nitrogens with zero attached hydrogens (tertiary/aromatic N) is 2. The van der Waals surface area contributed by atoms with Crippen molar-refractivity contribution in [3.63, 3.8) is 0 Å². The lowest BCUT2D eigenvalue weighted by Crippen LogP contribution is -2.17. The van der Waals surface area contributed by atoms with Gasteiger partial charge >= 0.3 is 0 Å². The molecule has 0 aliphatic heterocycles. The second-order valence-corrected chi connectivity index (χ2v) is 7.51. The molecule has 1 N–H and O–H groups in total. The van der Waals surface area contributed by atoms with Gasteiger partial charge in [0, 0.05) is 5.69 Å². The minimum Gasteiger partial charge on any atom is -0.322 e. The summed E-state index contributed by atoms with van der Waals surface area (Å²) >= 11 is 3.05. The maximum absolute atomic E-state index is 12.8. The van der Waals surface area contributed by atoms with Gasteiger partial charge in [0.1, 0.15) is 5.03 Å². The van der Waals surface area contributed by atoms with Crippen molar-refractivity contribution in [2.75, 3.05) is 11.6 Å². The van der Waals surface area contributed by atoms with Gasteiger partial charge in [0.15, 0.2) is 5.82 Å². The van der Waals surface area contributed by atoms with Gasteiger partial charge in [-0.1, -0.05) is 23.8 Å². The van der Waals surface area contributed by atoms with Crippen molar-refractivity contribution in [3.05, 3.63) is 58.1 Å². The van der Waals surface area contributed by atoms with Gasteiger partial charge in [0.05, 0.1) is 16.1 Å². The first-order valence-electron chi connectivity index (χ1n) is 7.84. The first kappa shape index (κ1) is 17.6. The van der Waals surface area contributed by atoms with E-state index in [-0.39, 0.29) is 5.91 Å². The highest BCUT2D eigenvalue weighted by molar-refractivity contribution is 7.98. The van der Waals surface area contributed by atoms with Crippen LogP contribution in [0, 0.1) is 20.8 Å². The Morgan fingerprint density at radius 1 is 1.16 bits per heavy atom. The predicted octanol–water partition coefficient (Wildman–Crippen LogP) is 5.10. The Kier molecular flexibility index (Phi) is 5.20. The highest BCUT2D eigenvalue weighted by Crippen LogP contribution is 2.28. The summed E-state index contributed by atoms with van der Waals surface area (Å²) in [5.41, 5.74) is 4.23. The van der Waals surface area contributed by atoms with Crippen molar-refractivity contribution in [1.29, 1.82) is 0 Å². The van der Waals surface area contributed by atoms with Crippen LogP contribution in [-0.2, 0) is 0 Å². The number of aryl methyl sites for hydroxylation is 3. The summed E-state index contributed by atoms with van der Waals surface area (Å²) in [4.78, 5) is 23.0. The maximum Gasteiger partial charge on any atom is 0.260 e. The number of amides is 1. The molecule has 1 amide bonds. The Hall–Kier alpha value is -2.18. The molecule has 3 rings (SSSR count). The van der Waals surface area contributed by atoms with Crippen molar-refractivity contribution in [3.8, 4) is 10.7 Å². The molecular formula is C19H19N3OS2. The molecule has 2 aromatic heterocycles. The van der Waals surface area contributed by atoms with E-state index in [9.17, 15) is 4.79 Å². The molecule has 2 heterocycles. The first-order chi connectivity index (χ1) is 12.0. The molecule has 0 unspecified atom stereocenters. The van der Waals surface area contributed by atoms with Crippen molar-refractivity contribution < 1.29 is 4.79 Å². The normalized spacial score (nSPS) is 10.7. The highest BCUT2D eigenvalue weighted by atomic mass is 32.2. The van der Waals surface area contributed by atoms with E-state index in [1.165, 1.54) is 17.3 Å². The van der Waals surface area contributed by atoms with Crippen molar-refractivity contribution in [2.45, 2.75) is 25.8 Å². The largest absolute Gasteiger partial charge is 0.322 e. The molecule has 6 heteroatoms. The Morgan fingerprint density at radius 2 is 1.96 bits per heavy atom. The van der Waals surface area contributed by atoms with Gasteiger partial charge in [0.2, 0.25) is 0 Å². The van der Waals surface area contributed by atoms with Crippen molar-refractivity contribution in [2.24, 2.45) is 0 Å². The molecule has 0 bridgehead atoms. The number of hydrogen-bond acceptors (Lipinski definition) is 5. The number of carbonyl (C=O) groups is 1. The summed E-state index contributed by atoms with van der Waals surface area (Å²) in [6, 6.07) is 9.92. The Morgan fingerprint density at radius 3 is 2.60 bits per heavy atom. The molecule has 3 aromatic rings. The minimum atomic E-state index is -0.175. The number of aromatic nitrogens is 2. The van der Waals surface area contributed by atoms with Crippen LogP contribution in [0.15, 0.2) is 40.7 Å². The molecule has 0 aliphatic carbocycles. The van der Waals surface area contributed by atoms with Gasteiger partial charge < -0.3 is 5.32 Å².